The van der Waals surface area contributed by atoms with E-state index in [9.17, 15) is 19.7 Å². The van der Waals surface area contributed by atoms with Crippen LogP contribution in [0.2, 0.25) is 0 Å². The molecule has 2 aromatic rings. The van der Waals surface area contributed by atoms with Gasteiger partial charge >= 0.3 is 6.03 Å². The van der Waals surface area contributed by atoms with Gasteiger partial charge in [-0.25, -0.2) is 9.69 Å². The average Bonchev–Trinajstić information content (AvgIpc) is 2.74. The Balaban J connectivity index is 1.76. The predicted molar refractivity (Wildman–Crippen MR) is 106 cm³/mol. The molecular weight excluding hydrogens is 374 g/mol. The number of carbonyl (C=O) groups is 2. The number of rotatable bonds is 7. The van der Waals surface area contributed by atoms with Crippen LogP contribution in [0, 0.1) is 15.5 Å². The molecule has 0 aliphatic carbocycles. The topological polar surface area (TPSA) is 102 Å². The number of amides is 3. The lowest BCUT2D eigenvalue weighted by Crippen LogP contribution is -2.73. The maximum absolute atomic E-state index is 12.8. The number of nitro benzene ring substituents is 1. The number of nitrogens with one attached hydrogen (secondary N) is 1. The first-order valence-corrected chi connectivity index (χ1v) is 9.49. The summed E-state index contributed by atoms with van der Waals surface area (Å²) in [6.45, 7) is 4.05. The van der Waals surface area contributed by atoms with Crippen molar-refractivity contribution in [2.75, 3.05) is 0 Å². The molecule has 0 unspecified atom stereocenters. The van der Waals surface area contributed by atoms with E-state index < -0.39 is 22.6 Å². The molecule has 152 valence electrons. The molecule has 2 aromatic carbocycles. The summed E-state index contributed by atoms with van der Waals surface area (Å²) in [5.74, 6) is 0.0835. The molecule has 3 amide bonds. The monoisotopic (exact) mass is 397 g/mol. The first-order valence-electron chi connectivity index (χ1n) is 9.49. The Labute approximate surface area is 168 Å². The molecule has 0 aromatic heterocycles. The first kappa shape index (κ1) is 20.3. The summed E-state index contributed by atoms with van der Waals surface area (Å²) in [7, 11) is 0. The molecule has 8 heteroatoms. The molecule has 8 nitrogen and oxygen atoms in total. The second-order valence-corrected chi connectivity index (χ2v) is 6.90. The quantitative estimate of drug-likeness (QED) is 0.434. The van der Waals surface area contributed by atoms with Gasteiger partial charge in [0.05, 0.1) is 4.92 Å². The number of hydrogen-bond acceptors (Lipinski definition) is 5. The third-order valence-electron chi connectivity index (χ3n) is 5.41. The Kier molecular flexibility index (Phi) is 5.81. The summed E-state index contributed by atoms with van der Waals surface area (Å²) in [5, 5.41) is 13.6. The van der Waals surface area contributed by atoms with Crippen molar-refractivity contribution in [3.05, 3.63) is 70.3 Å². The maximum atomic E-state index is 12.8. The fourth-order valence-electron chi connectivity index (χ4n) is 3.53. The SMILES string of the molecule is CCC1(CC)C(=O)N(C(=O)NCc2ccccc2)[C@@H]1Oc1ccc([N+](=O)[O-])cc1. The minimum Gasteiger partial charge on any atom is -0.469 e. The molecule has 29 heavy (non-hydrogen) atoms. The highest BCUT2D eigenvalue weighted by Gasteiger charge is 2.62. The van der Waals surface area contributed by atoms with Gasteiger partial charge in [0.25, 0.3) is 5.69 Å². The van der Waals surface area contributed by atoms with Crippen LogP contribution in [-0.4, -0.2) is 28.0 Å². The minimum atomic E-state index is -0.800. The third kappa shape index (κ3) is 3.78. The van der Waals surface area contributed by atoms with Gasteiger partial charge in [-0.1, -0.05) is 44.2 Å². The zero-order valence-electron chi connectivity index (χ0n) is 16.3. The van der Waals surface area contributed by atoms with Gasteiger partial charge in [0.15, 0.2) is 6.23 Å². The van der Waals surface area contributed by atoms with Crippen LogP contribution in [0.4, 0.5) is 10.5 Å². The summed E-state index contributed by atoms with van der Waals surface area (Å²) in [5.41, 5.74) is 0.0573. The smallest absolute Gasteiger partial charge is 0.327 e. The highest BCUT2D eigenvalue weighted by Crippen LogP contribution is 2.46. The molecule has 1 heterocycles. The Morgan fingerprint density at radius 3 is 2.31 bits per heavy atom. The fourth-order valence-corrected chi connectivity index (χ4v) is 3.53. The average molecular weight is 397 g/mol. The number of nitrogens with zero attached hydrogens (tertiary/aromatic N) is 2. The summed E-state index contributed by atoms with van der Waals surface area (Å²) < 4.78 is 5.96. The van der Waals surface area contributed by atoms with Crippen LogP contribution in [-0.2, 0) is 11.3 Å². The largest absolute Gasteiger partial charge is 0.469 e. The number of likely N-dealkylation sites (tertiary alicyclic amines) is 1. The Bertz CT molecular complexity index is 894. The molecular formula is C21H23N3O5. The van der Waals surface area contributed by atoms with E-state index in [1.54, 1.807) is 0 Å². The molecule has 1 fully saturated rings. The van der Waals surface area contributed by atoms with Gasteiger partial charge in [0.1, 0.15) is 11.2 Å². The summed E-state index contributed by atoms with van der Waals surface area (Å²) >= 11 is 0. The number of ether oxygens (including phenoxy) is 1. The maximum Gasteiger partial charge on any atom is 0.327 e. The van der Waals surface area contributed by atoms with Crippen LogP contribution < -0.4 is 10.1 Å². The van der Waals surface area contributed by atoms with Crippen molar-refractivity contribution in [2.24, 2.45) is 5.41 Å². The second kappa shape index (κ2) is 8.30. The second-order valence-electron chi connectivity index (χ2n) is 6.90. The standard InChI is InChI=1S/C21H23N3O5/c1-3-21(4-2)18(25)23(20(26)22-14-15-8-6-5-7-9-15)19(21)29-17-12-10-16(11-13-17)24(27)28/h5-13,19H,3-4,14H2,1-2H3,(H,22,26)/t19-/m1/s1. The zero-order valence-corrected chi connectivity index (χ0v) is 16.3. The number of hydrogen-bond donors (Lipinski definition) is 1. The highest BCUT2D eigenvalue weighted by molar-refractivity contribution is 6.03. The molecule has 0 radical (unpaired) electrons. The lowest BCUT2D eigenvalue weighted by atomic mass is 9.72. The van der Waals surface area contributed by atoms with Crippen molar-refractivity contribution in [1.29, 1.82) is 0 Å². The predicted octanol–water partition coefficient (Wildman–Crippen LogP) is 3.86. The van der Waals surface area contributed by atoms with Gasteiger partial charge in [-0.2, -0.15) is 0 Å². The summed E-state index contributed by atoms with van der Waals surface area (Å²) in [4.78, 5) is 37.0. The molecule has 1 aliphatic heterocycles. The molecule has 1 aliphatic rings. The normalized spacial score (nSPS) is 17.4. The highest BCUT2D eigenvalue weighted by atomic mass is 16.6. The molecule has 0 saturated carbocycles. The number of non-ortho nitro benzene ring substituents is 1. The number of urea groups is 1. The van der Waals surface area contributed by atoms with Crippen molar-refractivity contribution >= 4 is 17.6 Å². The summed E-state index contributed by atoms with van der Waals surface area (Å²) in [6.07, 6.45) is 0.257. The Morgan fingerprint density at radius 2 is 1.76 bits per heavy atom. The molecule has 0 spiro atoms. The fraction of sp³-hybridized carbons (Fsp3) is 0.333. The van der Waals surface area contributed by atoms with Crippen LogP contribution in [0.15, 0.2) is 54.6 Å². The number of carbonyl (C=O) groups excluding carboxylic acids is 2. The van der Waals surface area contributed by atoms with E-state index in [0.717, 1.165) is 10.5 Å². The van der Waals surface area contributed by atoms with Gasteiger partial charge in [-0.3, -0.25) is 14.9 Å². The van der Waals surface area contributed by atoms with Crippen molar-refractivity contribution in [3.8, 4) is 5.75 Å². The van der Waals surface area contributed by atoms with Gasteiger partial charge in [0.2, 0.25) is 5.91 Å². The number of β-lactam (4-membered cyclic amide) rings is 1. The first-order chi connectivity index (χ1) is 13.9. The molecule has 1 N–H and O–H groups in total. The third-order valence-corrected chi connectivity index (χ3v) is 5.41. The van der Waals surface area contributed by atoms with Crippen LogP contribution >= 0.6 is 0 Å². The van der Waals surface area contributed by atoms with E-state index in [1.807, 2.05) is 44.2 Å². The molecule has 1 saturated heterocycles. The minimum absolute atomic E-state index is 0.0586. The van der Waals surface area contributed by atoms with Gasteiger partial charge < -0.3 is 10.1 Å². The van der Waals surface area contributed by atoms with E-state index in [-0.39, 0.29) is 11.6 Å². The Morgan fingerprint density at radius 1 is 1.14 bits per heavy atom. The Hall–Kier alpha value is -3.42. The van der Waals surface area contributed by atoms with Crippen molar-refractivity contribution in [1.82, 2.24) is 10.2 Å². The molecule has 3 rings (SSSR count). The van der Waals surface area contributed by atoms with Crippen molar-refractivity contribution in [2.45, 2.75) is 39.5 Å². The lowest BCUT2D eigenvalue weighted by Gasteiger charge is -2.53. The lowest BCUT2D eigenvalue weighted by molar-refractivity contribution is -0.384. The van der Waals surface area contributed by atoms with Gasteiger partial charge in [-0.15, -0.1) is 0 Å². The molecule has 1 atom stereocenters. The number of benzene rings is 2. The van der Waals surface area contributed by atoms with Crippen molar-refractivity contribution < 1.29 is 19.2 Å². The number of imide groups is 1. The summed E-state index contributed by atoms with van der Waals surface area (Å²) in [6, 6.07) is 14.5. The van der Waals surface area contributed by atoms with Gasteiger partial charge in [0, 0.05) is 18.7 Å². The van der Waals surface area contributed by atoms with Crippen LogP contribution in [0.5, 0.6) is 5.75 Å². The van der Waals surface area contributed by atoms with Crippen molar-refractivity contribution in [3.63, 3.8) is 0 Å². The zero-order chi connectivity index (χ0) is 21.0. The van der Waals surface area contributed by atoms with Crippen LogP contribution in [0.3, 0.4) is 0 Å². The van der Waals surface area contributed by atoms with E-state index in [4.69, 9.17) is 4.74 Å². The molecule has 0 bridgehead atoms. The van der Waals surface area contributed by atoms with Gasteiger partial charge in [-0.05, 0) is 30.5 Å². The number of nitro groups is 1. The van der Waals surface area contributed by atoms with E-state index in [0.29, 0.717) is 25.1 Å². The van der Waals surface area contributed by atoms with E-state index in [2.05, 4.69) is 5.32 Å². The van der Waals surface area contributed by atoms with Crippen LogP contribution in [0.1, 0.15) is 32.3 Å². The van der Waals surface area contributed by atoms with E-state index >= 15 is 0 Å². The van der Waals surface area contributed by atoms with Crippen LogP contribution in [0.25, 0.3) is 0 Å². The van der Waals surface area contributed by atoms with E-state index in [1.165, 1.54) is 24.3 Å².